The van der Waals surface area contributed by atoms with Crippen LogP contribution < -0.4 is 4.90 Å². The van der Waals surface area contributed by atoms with Crippen molar-refractivity contribution in [1.82, 2.24) is 14.3 Å². The first-order valence-electron chi connectivity index (χ1n) is 13.3. The minimum absolute atomic E-state index is 0.184. The summed E-state index contributed by atoms with van der Waals surface area (Å²) in [5.41, 5.74) is 3.15. The normalized spacial score (nSPS) is 12.1. The zero-order chi connectivity index (χ0) is 28.2. The molecule has 2 heterocycles. The second-order valence-corrected chi connectivity index (χ2v) is 13.4. The minimum Gasteiger partial charge on any atom is -0.278 e. The Morgan fingerprint density at radius 3 is 2.21 bits per heavy atom. The van der Waals surface area contributed by atoms with Gasteiger partial charge in [0.15, 0.2) is 5.13 Å². The Labute approximate surface area is 235 Å². The Kier molecular flexibility index (Phi) is 9.15. The molecule has 0 atom stereocenters. The first-order chi connectivity index (χ1) is 18.6. The number of nitrogens with zero attached hydrogens (tertiary/aromatic N) is 4. The van der Waals surface area contributed by atoms with Gasteiger partial charge in [-0.2, -0.15) is 4.31 Å². The van der Waals surface area contributed by atoms with Gasteiger partial charge >= 0.3 is 0 Å². The van der Waals surface area contributed by atoms with Crippen LogP contribution in [-0.4, -0.2) is 41.7 Å². The van der Waals surface area contributed by atoms with E-state index in [1.807, 2.05) is 58.0 Å². The molecule has 0 radical (unpaired) electrons. The van der Waals surface area contributed by atoms with E-state index in [0.29, 0.717) is 23.8 Å². The lowest BCUT2D eigenvalue weighted by Gasteiger charge is -2.26. The van der Waals surface area contributed by atoms with Crippen LogP contribution in [0.25, 0.3) is 10.2 Å². The first kappa shape index (κ1) is 28.9. The Bertz CT molecular complexity index is 1510. The molecular weight excluding hydrogens is 528 g/mol. The number of para-hydroxylation sites is 1. The van der Waals surface area contributed by atoms with E-state index in [-0.39, 0.29) is 29.2 Å². The highest BCUT2D eigenvalue weighted by Crippen LogP contribution is 2.33. The monoisotopic (exact) mass is 564 g/mol. The van der Waals surface area contributed by atoms with Crippen LogP contribution in [0, 0.1) is 11.8 Å². The van der Waals surface area contributed by atoms with Crippen LogP contribution in [0.2, 0.25) is 0 Å². The van der Waals surface area contributed by atoms with Crippen molar-refractivity contribution in [3.8, 4) is 0 Å². The van der Waals surface area contributed by atoms with Crippen molar-refractivity contribution >= 4 is 42.6 Å². The lowest BCUT2D eigenvalue weighted by Crippen LogP contribution is -2.37. The van der Waals surface area contributed by atoms with Gasteiger partial charge in [0.05, 0.1) is 27.4 Å². The molecule has 1 amide bonds. The van der Waals surface area contributed by atoms with Crippen LogP contribution >= 0.6 is 11.3 Å². The van der Waals surface area contributed by atoms with Crippen LogP contribution in [0.4, 0.5) is 5.13 Å². The lowest BCUT2D eigenvalue weighted by molar-refractivity contribution is 0.0984. The summed E-state index contributed by atoms with van der Waals surface area (Å²) in [6.45, 7) is 11.2. The third-order valence-electron chi connectivity index (χ3n) is 6.27. The molecule has 7 nitrogen and oxygen atoms in total. The van der Waals surface area contributed by atoms with E-state index < -0.39 is 10.0 Å². The number of rotatable bonds is 11. The Balaban J connectivity index is 1.69. The number of carbonyl (C=O) groups is 1. The Morgan fingerprint density at radius 1 is 0.923 bits per heavy atom. The maximum Gasteiger partial charge on any atom is 0.260 e. The van der Waals surface area contributed by atoms with Gasteiger partial charge in [-0.1, -0.05) is 64.2 Å². The number of benzene rings is 2. The van der Waals surface area contributed by atoms with E-state index in [1.54, 1.807) is 27.5 Å². The van der Waals surface area contributed by atoms with Crippen LogP contribution in [0.15, 0.2) is 71.8 Å². The summed E-state index contributed by atoms with van der Waals surface area (Å²) in [4.78, 5) is 25.0. The smallest absolute Gasteiger partial charge is 0.260 e. The molecule has 206 valence electrons. The van der Waals surface area contributed by atoms with Gasteiger partial charge in [-0.25, -0.2) is 13.4 Å². The summed E-state index contributed by atoms with van der Waals surface area (Å²) >= 11 is 1.46. The van der Waals surface area contributed by atoms with E-state index in [4.69, 9.17) is 4.98 Å². The summed E-state index contributed by atoms with van der Waals surface area (Å²) < 4.78 is 29.5. The highest BCUT2D eigenvalue weighted by atomic mass is 32.2. The number of fused-ring (bicyclic) bond motifs is 1. The van der Waals surface area contributed by atoms with Crippen molar-refractivity contribution in [3.05, 3.63) is 83.7 Å². The van der Waals surface area contributed by atoms with Crippen LogP contribution in [0.5, 0.6) is 0 Å². The number of amides is 1. The van der Waals surface area contributed by atoms with Crippen molar-refractivity contribution in [2.45, 2.75) is 52.5 Å². The first-order valence-corrected chi connectivity index (χ1v) is 15.6. The van der Waals surface area contributed by atoms with Crippen molar-refractivity contribution in [3.63, 3.8) is 0 Å². The Hall–Kier alpha value is -3.14. The van der Waals surface area contributed by atoms with Crippen molar-refractivity contribution in [1.29, 1.82) is 0 Å². The van der Waals surface area contributed by atoms with Gasteiger partial charge in [-0.05, 0) is 66.3 Å². The van der Waals surface area contributed by atoms with E-state index in [0.717, 1.165) is 27.9 Å². The molecule has 2 aromatic heterocycles. The standard InChI is InChI=1S/C30H36N4O3S2/c1-6-23-10-9-12-27-28(23)32-30(38-27)34(20-25-11-7-8-17-31-25)29(35)24-13-15-26(16-14-24)39(36,37)33(18-21(2)3)19-22(4)5/h7-17,21-22H,6,18-20H2,1-5H3. The number of thiazole rings is 1. The lowest BCUT2D eigenvalue weighted by atomic mass is 10.1. The van der Waals surface area contributed by atoms with Crippen molar-refractivity contribution in [2.24, 2.45) is 11.8 Å². The van der Waals surface area contributed by atoms with Gasteiger partial charge in [0.1, 0.15) is 0 Å². The number of pyridine rings is 1. The fraction of sp³-hybridized carbons (Fsp3) is 0.367. The largest absolute Gasteiger partial charge is 0.278 e. The van der Waals surface area contributed by atoms with Crippen LogP contribution in [0.3, 0.4) is 0 Å². The fourth-order valence-corrected chi connectivity index (χ4v) is 7.21. The number of aryl methyl sites for hydroxylation is 1. The second-order valence-electron chi connectivity index (χ2n) is 10.5. The van der Waals surface area contributed by atoms with Crippen LogP contribution in [-0.2, 0) is 23.0 Å². The van der Waals surface area contributed by atoms with E-state index >= 15 is 0 Å². The summed E-state index contributed by atoms with van der Waals surface area (Å²) in [6, 6.07) is 17.9. The molecule has 0 aliphatic carbocycles. The number of carbonyl (C=O) groups excluding carboxylic acids is 1. The quantitative estimate of drug-likeness (QED) is 0.210. The number of hydrogen-bond acceptors (Lipinski definition) is 6. The SMILES string of the molecule is CCc1cccc2sc(N(Cc3ccccn3)C(=O)c3ccc(S(=O)(=O)N(CC(C)C)CC(C)C)cc3)nc12. The van der Waals surface area contributed by atoms with Gasteiger partial charge in [-0.15, -0.1) is 0 Å². The topological polar surface area (TPSA) is 83.5 Å². The van der Waals surface area contributed by atoms with E-state index in [9.17, 15) is 13.2 Å². The van der Waals surface area contributed by atoms with Gasteiger partial charge in [-0.3, -0.25) is 14.7 Å². The zero-order valence-corrected chi connectivity index (χ0v) is 24.8. The summed E-state index contributed by atoms with van der Waals surface area (Å²) in [5.74, 6) is 0.131. The molecule has 0 saturated heterocycles. The molecule has 39 heavy (non-hydrogen) atoms. The minimum atomic E-state index is -3.69. The predicted octanol–water partition coefficient (Wildman–Crippen LogP) is 6.40. The van der Waals surface area contributed by atoms with Gasteiger partial charge in [0, 0.05) is 24.8 Å². The highest BCUT2D eigenvalue weighted by Gasteiger charge is 2.27. The summed E-state index contributed by atoms with van der Waals surface area (Å²) in [5, 5.41) is 0.582. The maximum atomic E-state index is 13.9. The van der Waals surface area contributed by atoms with Gasteiger partial charge in [0.2, 0.25) is 10.0 Å². The third-order valence-corrected chi connectivity index (χ3v) is 9.16. The molecule has 0 saturated carbocycles. The van der Waals surface area contributed by atoms with E-state index in [2.05, 4.69) is 18.0 Å². The maximum absolute atomic E-state index is 13.9. The fourth-order valence-electron chi connectivity index (χ4n) is 4.43. The zero-order valence-electron chi connectivity index (χ0n) is 23.2. The average molecular weight is 565 g/mol. The molecular formula is C30H36N4O3S2. The molecule has 0 bridgehead atoms. The summed E-state index contributed by atoms with van der Waals surface area (Å²) in [6.07, 6.45) is 2.54. The molecule has 0 fully saturated rings. The van der Waals surface area contributed by atoms with Crippen molar-refractivity contribution in [2.75, 3.05) is 18.0 Å². The van der Waals surface area contributed by atoms with Crippen LogP contribution in [0.1, 0.15) is 56.2 Å². The summed E-state index contributed by atoms with van der Waals surface area (Å²) in [7, 11) is -3.69. The molecule has 2 aromatic carbocycles. The van der Waals surface area contributed by atoms with Crippen molar-refractivity contribution < 1.29 is 13.2 Å². The van der Waals surface area contributed by atoms with Gasteiger partial charge < -0.3 is 0 Å². The van der Waals surface area contributed by atoms with E-state index in [1.165, 1.54) is 23.5 Å². The number of hydrogen-bond donors (Lipinski definition) is 0. The molecule has 4 aromatic rings. The second kappa shape index (κ2) is 12.4. The molecule has 9 heteroatoms. The average Bonchev–Trinajstić information content (AvgIpc) is 3.35. The molecule has 0 spiro atoms. The predicted molar refractivity (Wildman–Crippen MR) is 159 cm³/mol. The highest BCUT2D eigenvalue weighted by molar-refractivity contribution is 7.89. The van der Waals surface area contributed by atoms with Gasteiger partial charge in [0.25, 0.3) is 5.91 Å². The third kappa shape index (κ3) is 6.72. The molecule has 0 unspecified atom stereocenters. The Morgan fingerprint density at radius 2 is 1.62 bits per heavy atom. The molecule has 0 aliphatic rings. The number of aromatic nitrogens is 2. The number of sulfonamides is 1. The molecule has 0 aliphatic heterocycles. The molecule has 4 rings (SSSR count). The molecule has 0 N–H and O–H groups in total. The number of anilines is 1.